The third-order valence-corrected chi connectivity index (χ3v) is 9.31. The SMILES string of the molecule is COc1ccc(F)cc1CCc1ccc(-c2ccc(S(=O)(=O)C3CCN(C)CC3)cc2)c2nncn12. The van der Waals surface area contributed by atoms with Crippen molar-refractivity contribution in [3.8, 4) is 16.9 Å². The molecule has 5 rings (SSSR count). The molecule has 36 heavy (non-hydrogen) atoms. The van der Waals surface area contributed by atoms with Crippen LogP contribution in [0.1, 0.15) is 24.1 Å². The van der Waals surface area contributed by atoms with E-state index in [1.165, 1.54) is 12.1 Å². The summed E-state index contributed by atoms with van der Waals surface area (Å²) in [6, 6.07) is 15.6. The Morgan fingerprint density at radius 1 is 1.03 bits per heavy atom. The van der Waals surface area contributed by atoms with E-state index >= 15 is 0 Å². The molecule has 0 radical (unpaired) electrons. The molecule has 3 heterocycles. The van der Waals surface area contributed by atoms with E-state index in [0.717, 1.165) is 35.5 Å². The van der Waals surface area contributed by atoms with Gasteiger partial charge in [-0.25, -0.2) is 12.8 Å². The number of halogens is 1. The number of rotatable bonds is 7. The average molecular weight is 509 g/mol. The van der Waals surface area contributed by atoms with Gasteiger partial charge in [-0.05, 0) is 99.4 Å². The number of piperidine rings is 1. The van der Waals surface area contributed by atoms with Crippen LogP contribution in [0.5, 0.6) is 5.75 Å². The maximum absolute atomic E-state index is 13.8. The fourth-order valence-electron chi connectivity index (χ4n) is 4.91. The van der Waals surface area contributed by atoms with Crippen LogP contribution in [0, 0.1) is 5.82 Å². The van der Waals surface area contributed by atoms with Crippen molar-refractivity contribution < 1.29 is 17.5 Å². The number of methoxy groups -OCH3 is 1. The summed E-state index contributed by atoms with van der Waals surface area (Å²) in [6.45, 7) is 1.59. The number of aromatic nitrogens is 3. The lowest BCUT2D eigenvalue weighted by Crippen LogP contribution is -2.37. The minimum absolute atomic E-state index is 0.295. The average Bonchev–Trinajstić information content (AvgIpc) is 3.38. The molecule has 1 aliphatic heterocycles. The molecule has 188 valence electrons. The monoisotopic (exact) mass is 508 g/mol. The smallest absolute Gasteiger partial charge is 0.181 e. The van der Waals surface area contributed by atoms with E-state index < -0.39 is 9.84 Å². The molecule has 9 heteroatoms. The third-order valence-electron chi connectivity index (χ3n) is 7.03. The van der Waals surface area contributed by atoms with Gasteiger partial charge < -0.3 is 9.64 Å². The Bertz CT molecular complexity index is 1480. The Morgan fingerprint density at radius 3 is 2.50 bits per heavy atom. The number of fused-ring (bicyclic) bond motifs is 1. The van der Waals surface area contributed by atoms with Gasteiger partial charge in [-0.1, -0.05) is 12.1 Å². The molecule has 0 saturated carbocycles. The van der Waals surface area contributed by atoms with Crippen LogP contribution in [-0.2, 0) is 22.7 Å². The molecular formula is C27H29FN4O3S. The number of nitrogens with zero attached hydrogens (tertiary/aromatic N) is 4. The van der Waals surface area contributed by atoms with Crippen molar-refractivity contribution in [3.63, 3.8) is 0 Å². The van der Waals surface area contributed by atoms with Crippen molar-refractivity contribution in [2.24, 2.45) is 0 Å². The molecule has 0 atom stereocenters. The number of sulfone groups is 1. The van der Waals surface area contributed by atoms with Crippen LogP contribution in [0.4, 0.5) is 4.39 Å². The minimum atomic E-state index is -3.36. The van der Waals surface area contributed by atoms with Gasteiger partial charge >= 0.3 is 0 Å². The van der Waals surface area contributed by atoms with Gasteiger partial charge in [-0.3, -0.25) is 4.40 Å². The highest BCUT2D eigenvalue weighted by Crippen LogP contribution is 2.29. The second kappa shape index (κ2) is 9.99. The molecule has 2 aromatic heterocycles. The molecule has 1 fully saturated rings. The number of hydrogen-bond donors (Lipinski definition) is 0. The molecule has 0 N–H and O–H groups in total. The molecule has 1 saturated heterocycles. The number of hydrogen-bond acceptors (Lipinski definition) is 6. The molecule has 0 bridgehead atoms. The molecule has 4 aromatic rings. The van der Waals surface area contributed by atoms with Gasteiger partial charge in [0.1, 0.15) is 17.9 Å². The van der Waals surface area contributed by atoms with Crippen molar-refractivity contribution >= 4 is 15.5 Å². The largest absolute Gasteiger partial charge is 0.496 e. The van der Waals surface area contributed by atoms with Gasteiger partial charge in [0, 0.05) is 11.3 Å². The quantitative estimate of drug-likeness (QED) is 0.373. The normalized spacial score (nSPS) is 15.4. The Kier molecular flexibility index (Phi) is 6.77. The van der Waals surface area contributed by atoms with Crippen LogP contribution in [-0.4, -0.2) is 60.4 Å². The highest BCUT2D eigenvalue weighted by molar-refractivity contribution is 7.92. The topological polar surface area (TPSA) is 76.8 Å². The summed E-state index contributed by atoms with van der Waals surface area (Å²) < 4.78 is 47.3. The summed E-state index contributed by atoms with van der Waals surface area (Å²) in [5.41, 5.74) is 4.19. The van der Waals surface area contributed by atoms with Gasteiger partial charge in [0.2, 0.25) is 0 Å². The molecule has 7 nitrogen and oxygen atoms in total. The van der Waals surface area contributed by atoms with Crippen LogP contribution < -0.4 is 4.74 Å². The van der Waals surface area contributed by atoms with E-state index in [9.17, 15) is 12.8 Å². The first-order chi connectivity index (χ1) is 17.4. The molecule has 2 aromatic carbocycles. The van der Waals surface area contributed by atoms with Gasteiger partial charge in [0.25, 0.3) is 0 Å². The van der Waals surface area contributed by atoms with Crippen LogP contribution in [0.25, 0.3) is 16.8 Å². The highest BCUT2D eigenvalue weighted by Gasteiger charge is 2.30. The summed E-state index contributed by atoms with van der Waals surface area (Å²) in [4.78, 5) is 2.52. The lowest BCUT2D eigenvalue weighted by Gasteiger charge is -2.28. The van der Waals surface area contributed by atoms with E-state index in [4.69, 9.17) is 4.74 Å². The van der Waals surface area contributed by atoms with E-state index in [1.54, 1.807) is 31.6 Å². The van der Waals surface area contributed by atoms with Crippen LogP contribution in [0.15, 0.2) is 65.8 Å². The molecular weight excluding hydrogens is 479 g/mol. The van der Waals surface area contributed by atoms with Crippen LogP contribution >= 0.6 is 0 Å². The van der Waals surface area contributed by atoms with E-state index in [2.05, 4.69) is 15.1 Å². The Balaban J connectivity index is 1.39. The van der Waals surface area contributed by atoms with Crippen molar-refractivity contribution in [2.75, 3.05) is 27.2 Å². The van der Waals surface area contributed by atoms with Gasteiger partial charge in [0.15, 0.2) is 15.5 Å². The number of benzene rings is 2. The number of pyridine rings is 1. The van der Waals surface area contributed by atoms with Crippen molar-refractivity contribution in [3.05, 3.63) is 78.0 Å². The predicted molar refractivity (Wildman–Crippen MR) is 136 cm³/mol. The molecule has 0 spiro atoms. The standard InChI is InChI=1S/C27H29FN4O3S/c1-31-15-13-24(14-16-31)36(33,34)23-9-4-19(5-10-23)25-11-8-22(32-18-29-30-27(25)32)7-3-20-17-21(28)6-12-26(20)35-2/h4-6,8-12,17-18,24H,3,7,13-16H2,1-2H3. The zero-order chi connectivity index (χ0) is 25.3. The van der Waals surface area contributed by atoms with Gasteiger partial charge in [-0.2, -0.15) is 0 Å². The van der Waals surface area contributed by atoms with Crippen molar-refractivity contribution in [2.45, 2.75) is 35.8 Å². The van der Waals surface area contributed by atoms with Crippen LogP contribution in [0.3, 0.4) is 0 Å². The fraction of sp³-hybridized carbons (Fsp3) is 0.333. The Morgan fingerprint density at radius 2 is 1.78 bits per heavy atom. The van der Waals surface area contributed by atoms with E-state index in [-0.39, 0.29) is 11.1 Å². The fourth-order valence-corrected chi connectivity index (χ4v) is 6.64. The molecule has 1 aliphatic rings. The highest BCUT2D eigenvalue weighted by atomic mass is 32.2. The second-order valence-corrected chi connectivity index (χ2v) is 11.5. The zero-order valence-electron chi connectivity index (χ0n) is 20.4. The Hall–Kier alpha value is -3.30. The van der Waals surface area contributed by atoms with E-state index in [1.807, 2.05) is 35.7 Å². The number of ether oxygens (including phenoxy) is 1. The lowest BCUT2D eigenvalue weighted by molar-refractivity contribution is 0.277. The van der Waals surface area contributed by atoms with Gasteiger partial charge in [-0.15, -0.1) is 10.2 Å². The maximum atomic E-state index is 13.8. The Labute approximate surface area is 210 Å². The summed E-state index contributed by atoms with van der Waals surface area (Å²) in [6.07, 6.45) is 4.21. The van der Waals surface area contributed by atoms with Crippen molar-refractivity contribution in [1.29, 1.82) is 0 Å². The summed E-state index contributed by atoms with van der Waals surface area (Å²) >= 11 is 0. The molecule has 0 unspecified atom stereocenters. The molecule has 0 amide bonds. The number of likely N-dealkylation sites (tertiary alicyclic amines) is 1. The number of aryl methyl sites for hydroxylation is 2. The summed E-state index contributed by atoms with van der Waals surface area (Å²) in [7, 11) is 0.235. The second-order valence-electron chi connectivity index (χ2n) is 9.29. The first kappa shape index (κ1) is 24.4. The predicted octanol–water partition coefficient (Wildman–Crippen LogP) is 4.20. The van der Waals surface area contributed by atoms with E-state index in [0.29, 0.717) is 42.0 Å². The minimum Gasteiger partial charge on any atom is -0.496 e. The summed E-state index contributed by atoms with van der Waals surface area (Å²) in [5, 5.41) is 8.08. The maximum Gasteiger partial charge on any atom is 0.181 e. The van der Waals surface area contributed by atoms with Crippen molar-refractivity contribution in [1.82, 2.24) is 19.5 Å². The lowest BCUT2D eigenvalue weighted by atomic mass is 10.0. The first-order valence-corrected chi connectivity index (χ1v) is 13.6. The first-order valence-electron chi connectivity index (χ1n) is 12.0. The third kappa shape index (κ3) is 4.73. The summed E-state index contributed by atoms with van der Waals surface area (Å²) in [5.74, 6) is 0.361. The molecule has 0 aliphatic carbocycles. The van der Waals surface area contributed by atoms with Gasteiger partial charge in [0.05, 0.1) is 17.3 Å². The van der Waals surface area contributed by atoms with Crippen LogP contribution in [0.2, 0.25) is 0 Å². The zero-order valence-corrected chi connectivity index (χ0v) is 21.2.